The molecule has 0 unspecified atom stereocenters. The molecule has 1 aromatic carbocycles. The Morgan fingerprint density at radius 3 is 2.62 bits per heavy atom. The van der Waals surface area contributed by atoms with Crippen LogP contribution in [0.1, 0.15) is 42.5 Å². The fourth-order valence-electron chi connectivity index (χ4n) is 4.21. The normalized spacial score (nSPS) is 17.9. The maximum absolute atomic E-state index is 11.4. The number of nitrogens with zero attached hydrogens (tertiary/aromatic N) is 4. The summed E-state index contributed by atoms with van der Waals surface area (Å²) in [6, 6.07) is 11.7. The smallest absolute Gasteiger partial charge is 0.311 e. The molecule has 7 nitrogen and oxygen atoms in total. The van der Waals surface area contributed by atoms with Crippen LogP contribution < -0.4 is 4.90 Å². The third-order valence-electron chi connectivity index (χ3n) is 6.00. The Hall–Kier alpha value is -2.96. The monoisotopic (exact) mass is 394 g/mol. The number of benzene rings is 1. The van der Waals surface area contributed by atoms with E-state index in [4.69, 9.17) is 4.84 Å². The molecule has 0 bridgehead atoms. The Morgan fingerprint density at radius 2 is 1.90 bits per heavy atom. The van der Waals surface area contributed by atoms with Crippen LogP contribution in [0, 0.1) is 24.0 Å². The van der Waals surface area contributed by atoms with E-state index in [-0.39, 0.29) is 16.2 Å². The van der Waals surface area contributed by atoms with Crippen molar-refractivity contribution in [1.82, 2.24) is 4.98 Å². The number of aromatic nitrogens is 1. The molecule has 1 spiro atoms. The van der Waals surface area contributed by atoms with E-state index in [0.29, 0.717) is 18.9 Å². The highest BCUT2D eigenvalue weighted by Crippen LogP contribution is 2.38. The van der Waals surface area contributed by atoms with Gasteiger partial charge in [-0.15, -0.1) is 0 Å². The van der Waals surface area contributed by atoms with E-state index in [1.165, 1.54) is 11.1 Å². The predicted molar refractivity (Wildman–Crippen MR) is 112 cm³/mol. The number of hydrogen-bond acceptors (Lipinski definition) is 6. The third-order valence-corrected chi connectivity index (χ3v) is 6.00. The van der Waals surface area contributed by atoms with Gasteiger partial charge in [0, 0.05) is 44.1 Å². The number of anilines is 1. The highest BCUT2D eigenvalue weighted by atomic mass is 16.7. The Morgan fingerprint density at radius 1 is 1.14 bits per heavy atom. The van der Waals surface area contributed by atoms with Crippen molar-refractivity contribution < 1.29 is 9.76 Å². The maximum atomic E-state index is 11.4. The lowest BCUT2D eigenvalue weighted by molar-refractivity contribution is -0.384. The highest BCUT2D eigenvalue weighted by Gasteiger charge is 2.42. The van der Waals surface area contributed by atoms with Crippen molar-refractivity contribution in [3.8, 4) is 0 Å². The van der Waals surface area contributed by atoms with Crippen LogP contribution in [-0.2, 0) is 11.3 Å². The molecule has 29 heavy (non-hydrogen) atoms. The second-order valence-corrected chi connectivity index (χ2v) is 8.07. The summed E-state index contributed by atoms with van der Waals surface area (Å²) in [6.07, 6.45) is 4.29. The zero-order valence-corrected chi connectivity index (χ0v) is 16.9. The third kappa shape index (κ3) is 4.09. The van der Waals surface area contributed by atoms with Gasteiger partial charge in [-0.05, 0) is 43.9 Å². The fourth-order valence-corrected chi connectivity index (χ4v) is 4.21. The summed E-state index contributed by atoms with van der Waals surface area (Å²) in [5.41, 5.74) is 4.35. The van der Waals surface area contributed by atoms with Crippen molar-refractivity contribution in [2.45, 2.75) is 51.6 Å². The second kappa shape index (κ2) is 7.81. The number of hydrogen-bond donors (Lipinski definition) is 0. The standard InChI is InChI=1S/C22H26N4O3/c1-16-5-3-4-6-18(16)8-9-19-15-22(29-24-19)11-13-25(14-12-22)21-20(26(27)28)10-7-17(2)23-21/h3-7,10H,8-9,11-15H2,1-2H3. The van der Waals surface area contributed by atoms with Crippen LogP contribution in [0.4, 0.5) is 11.5 Å². The van der Waals surface area contributed by atoms with Gasteiger partial charge in [-0.3, -0.25) is 10.1 Å². The molecule has 1 saturated heterocycles. The Kier molecular flexibility index (Phi) is 5.22. The number of oxime groups is 1. The largest absolute Gasteiger partial charge is 0.389 e. The lowest BCUT2D eigenvalue weighted by Gasteiger charge is -2.37. The molecule has 0 saturated carbocycles. The van der Waals surface area contributed by atoms with Crippen LogP contribution >= 0.6 is 0 Å². The van der Waals surface area contributed by atoms with E-state index >= 15 is 0 Å². The van der Waals surface area contributed by atoms with E-state index < -0.39 is 0 Å². The molecular weight excluding hydrogens is 368 g/mol. The topological polar surface area (TPSA) is 80.9 Å². The van der Waals surface area contributed by atoms with E-state index in [2.05, 4.69) is 41.3 Å². The number of pyridine rings is 1. The number of nitro groups is 1. The highest BCUT2D eigenvalue weighted by molar-refractivity contribution is 5.86. The van der Waals surface area contributed by atoms with Crippen molar-refractivity contribution in [2.24, 2.45) is 5.16 Å². The minimum Gasteiger partial charge on any atom is -0.389 e. The summed E-state index contributed by atoms with van der Waals surface area (Å²) in [6.45, 7) is 5.35. The van der Waals surface area contributed by atoms with Crippen LogP contribution in [0.15, 0.2) is 41.6 Å². The molecule has 0 N–H and O–H groups in total. The van der Waals surface area contributed by atoms with Gasteiger partial charge < -0.3 is 9.74 Å². The first-order valence-electron chi connectivity index (χ1n) is 10.1. The average molecular weight is 394 g/mol. The molecule has 2 aliphatic heterocycles. The zero-order chi connectivity index (χ0) is 20.4. The van der Waals surface area contributed by atoms with E-state index in [0.717, 1.165) is 43.5 Å². The first-order chi connectivity index (χ1) is 14.0. The SMILES string of the molecule is Cc1ccc([N+](=O)[O-])c(N2CCC3(CC2)CC(CCc2ccccc2C)=NO3)n1. The van der Waals surface area contributed by atoms with Crippen LogP contribution in [0.3, 0.4) is 0 Å². The van der Waals surface area contributed by atoms with Gasteiger partial charge in [0.1, 0.15) is 5.60 Å². The van der Waals surface area contributed by atoms with Gasteiger partial charge >= 0.3 is 5.69 Å². The average Bonchev–Trinajstić information content (AvgIpc) is 3.10. The first kappa shape index (κ1) is 19.4. The van der Waals surface area contributed by atoms with Crippen molar-refractivity contribution in [3.63, 3.8) is 0 Å². The van der Waals surface area contributed by atoms with Crippen LogP contribution in [-0.4, -0.2) is 34.3 Å². The minimum atomic E-state index is -0.356. The minimum absolute atomic E-state index is 0.0639. The first-order valence-corrected chi connectivity index (χ1v) is 10.1. The van der Waals surface area contributed by atoms with Crippen molar-refractivity contribution >= 4 is 17.2 Å². The molecular formula is C22H26N4O3. The summed E-state index contributed by atoms with van der Waals surface area (Å²) in [4.78, 5) is 23.4. The maximum Gasteiger partial charge on any atom is 0.311 e. The van der Waals surface area contributed by atoms with Crippen molar-refractivity contribution in [2.75, 3.05) is 18.0 Å². The van der Waals surface area contributed by atoms with Crippen LogP contribution in [0.5, 0.6) is 0 Å². The molecule has 1 aromatic heterocycles. The van der Waals surface area contributed by atoms with Crippen LogP contribution in [0.25, 0.3) is 0 Å². The lowest BCUT2D eigenvalue weighted by atomic mass is 9.85. The molecule has 7 heteroatoms. The lowest BCUT2D eigenvalue weighted by Crippen LogP contribution is -2.45. The van der Waals surface area contributed by atoms with Gasteiger partial charge in [0.2, 0.25) is 5.82 Å². The predicted octanol–water partition coefficient (Wildman–Crippen LogP) is 4.35. The van der Waals surface area contributed by atoms with Gasteiger partial charge in [-0.2, -0.15) is 0 Å². The number of piperidine rings is 1. The Labute approximate surface area is 170 Å². The van der Waals surface area contributed by atoms with Crippen LogP contribution in [0.2, 0.25) is 0 Å². The Balaban J connectivity index is 1.36. The summed E-state index contributed by atoms with van der Waals surface area (Å²) in [5.74, 6) is 0.462. The summed E-state index contributed by atoms with van der Waals surface area (Å²) >= 11 is 0. The molecule has 2 aliphatic rings. The summed E-state index contributed by atoms with van der Waals surface area (Å²) < 4.78 is 0. The van der Waals surface area contributed by atoms with Gasteiger partial charge in [-0.1, -0.05) is 29.4 Å². The Bertz CT molecular complexity index is 949. The molecule has 4 rings (SSSR count). The fraction of sp³-hybridized carbons (Fsp3) is 0.455. The second-order valence-electron chi connectivity index (χ2n) is 8.07. The summed E-state index contributed by atoms with van der Waals surface area (Å²) in [7, 11) is 0. The summed E-state index contributed by atoms with van der Waals surface area (Å²) in [5, 5.41) is 15.8. The van der Waals surface area contributed by atoms with E-state index in [9.17, 15) is 10.1 Å². The van der Waals surface area contributed by atoms with Crippen molar-refractivity contribution in [3.05, 3.63) is 63.3 Å². The molecule has 3 heterocycles. The molecule has 2 aromatic rings. The van der Waals surface area contributed by atoms with Crippen molar-refractivity contribution in [1.29, 1.82) is 0 Å². The molecule has 0 aliphatic carbocycles. The van der Waals surface area contributed by atoms with Gasteiger partial charge in [0.25, 0.3) is 0 Å². The van der Waals surface area contributed by atoms with E-state index in [1.807, 2.05) is 11.8 Å². The molecule has 0 amide bonds. The molecule has 1 fully saturated rings. The zero-order valence-electron chi connectivity index (χ0n) is 16.9. The molecule has 0 radical (unpaired) electrons. The molecule has 152 valence electrons. The van der Waals surface area contributed by atoms with Gasteiger partial charge in [-0.25, -0.2) is 4.98 Å². The van der Waals surface area contributed by atoms with Gasteiger partial charge in [0.05, 0.1) is 10.6 Å². The van der Waals surface area contributed by atoms with Gasteiger partial charge in [0.15, 0.2) is 0 Å². The number of aryl methyl sites for hydroxylation is 3. The molecule has 0 atom stereocenters. The van der Waals surface area contributed by atoms with E-state index in [1.54, 1.807) is 12.1 Å². The number of rotatable bonds is 5. The quantitative estimate of drug-likeness (QED) is 0.556.